The number of carboxylic acids is 1. The van der Waals surface area contributed by atoms with Gasteiger partial charge >= 0.3 is 5.97 Å². The molecule has 0 aromatic carbocycles. The standard InChI is InChI=1S/C15H30N2O2/c1-12(2)13-6-5-9-17(10-7-13)11-8-15(3,16-4)14(18)19/h12-13,16H,5-11H2,1-4H3,(H,18,19). The van der Waals surface area contributed by atoms with E-state index in [0.29, 0.717) is 6.42 Å². The SMILES string of the molecule is CNC(C)(CCN1CCCC(C(C)C)CC1)C(=O)O. The summed E-state index contributed by atoms with van der Waals surface area (Å²) < 4.78 is 0. The minimum atomic E-state index is -0.802. The van der Waals surface area contributed by atoms with E-state index in [1.54, 1.807) is 14.0 Å². The van der Waals surface area contributed by atoms with Crippen LogP contribution in [0.15, 0.2) is 0 Å². The molecule has 2 atom stereocenters. The molecule has 0 aromatic heterocycles. The minimum absolute atomic E-state index is 0.658. The van der Waals surface area contributed by atoms with E-state index in [0.717, 1.165) is 31.5 Å². The summed E-state index contributed by atoms with van der Waals surface area (Å²) in [4.78, 5) is 13.7. The maximum Gasteiger partial charge on any atom is 0.323 e. The van der Waals surface area contributed by atoms with Crippen molar-refractivity contribution in [2.75, 3.05) is 26.7 Å². The predicted molar refractivity (Wildman–Crippen MR) is 78.3 cm³/mol. The summed E-state index contributed by atoms with van der Waals surface area (Å²) in [6.45, 7) is 9.48. The highest BCUT2D eigenvalue weighted by molar-refractivity contribution is 5.78. The van der Waals surface area contributed by atoms with Crippen molar-refractivity contribution in [2.24, 2.45) is 11.8 Å². The van der Waals surface area contributed by atoms with Crippen molar-refractivity contribution >= 4 is 5.97 Å². The van der Waals surface area contributed by atoms with Crippen molar-refractivity contribution in [3.63, 3.8) is 0 Å². The molecule has 0 saturated carbocycles. The third-order valence-electron chi connectivity index (χ3n) is 4.76. The lowest BCUT2D eigenvalue weighted by atomic mass is 9.89. The number of nitrogens with one attached hydrogen (secondary N) is 1. The lowest BCUT2D eigenvalue weighted by Crippen LogP contribution is -2.49. The van der Waals surface area contributed by atoms with E-state index in [1.165, 1.54) is 19.3 Å². The molecule has 0 aromatic rings. The second-order valence-corrected chi connectivity index (χ2v) is 6.41. The number of likely N-dealkylation sites (N-methyl/N-ethyl adjacent to an activating group) is 1. The Bertz CT molecular complexity index is 294. The zero-order valence-corrected chi connectivity index (χ0v) is 12.9. The molecular weight excluding hydrogens is 240 g/mol. The van der Waals surface area contributed by atoms with E-state index in [2.05, 4.69) is 24.1 Å². The molecule has 0 aliphatic carbocycles. The van der Waals surface area contributed by atoms with Crippen LogP contribution in [0.3, 0.4) is 0 Å². The van der Waals surface area contributed by atoms with Crippen LogP contribution < -0.4 is 5.32 Å². The fraction of sp³-hybridized carbons (Fsp3) is 0.933. The molecule has 1 aliphatic rings. The van der Waals surface area contributed by atoms with Crippen LogP contribution in [-0.2, 0) is 4.79 Å². The maximum atomic E-state index is 11.3. The van der Waals surface area contributed by atoms with Gasteiger partial charge in [-0.1, -0.05) is 13.8 Å². The van der Waals surface area contributed by atoms with Crippen LogP contribution in [0.1, 0.15) is 46.5 Å². The first-order valence-corrected chi connectivity index (χ1v) is 7.53. The molecule has 1 rings (SSSR count). The van der Waals surface area contributed by atoms with Gasteiger partial charge in [-0.25, -0.2) is 0 Å². The second-order valence-electron chi connectivity index (χ2n) is 6.41. The molecule has 1 aliphatic heterocycles. The summed E-state index contributed by atoms with van der Waals surface area (Å²) in [5.74, 6) is 0.839. The molecule has 1 heterocycles. The lowest BCUT2D eigenvalue weighted by molar-refractivity contribution is -0.144. The minimum Gasteiger partial charge on any atom is -0.480 e. The Morgan fingerprint density at radius 2 is 2.11 bits per heavy atom. The maximum absolute atomic E-state index is 11.3. The topological polar surface area (TPSA) is 52.6 Å². The fourth-order valence-electron chi connectivity index (χ4n) is 2.79. The molecule has 0 spiro atoms. The quantitative estimate of drug-likeness (QED) is 0.777. The first kappa shape index (κ1) is 16.4. The first-order chi connectivity index (χ1) is 8.89. The molecule has 2 N–H and O–H groups in total. The number of likely N-dealkylation sites (tertiary alicyclic amines) is 1. The van der Waals surface area contributed by atoms with Gasteiger partial charge in [0.15, 0.2) is 0 Å². The van der Waals surface area contributed by atoms with E-state index in [4.69, 9.17) is 0 Å². The van der Waals surface area contributed by atoms with Gasteiger partial charge in [-0.05, 0) is 64.6 Å². The van der Waals surface area contributed by atoms with Gasteiger partial charge in [0.05, 0.1) is 0 Å². The molecule has 2 unspecified atom stereocenters. The second kappa shape index (κ2) is 7.25. The van der Waals surface area contributed by atoms with Crippen LogP contribution in [0, 0.1) is 11.8 Å². The number of nitrogens with zero attached hydrogens (tertiary/aromatic N) is 1. The van der Waals surface area contributed by atoms with E-state index < -0.39 is 11.5 Å². The number of carboxylic acid groups (broad SMARTS) is 1. The van der Waals surface area contributed by atoms with Gasteiger partial charge in [-0.15, -0.1) is 0 Å². The summed E-state index contributed by atoms with van der Waals surface area (Å²) in [6.07, 6.45) is 4.47. The molecule has 1 fully saturated rings. The molecule has 4 nitrogen and oxygen atoms in total. The van der Waals surface area contributed by atoms with Crippen molar-refractivity contribution in [3.8, 4) is 0 Å². The van der Waals surface area contributed by atoms with Gasteiger partial charge < -0.3 is 15.3 Å². The van der Waals surface area contributed by atoms with Crippen molar-refractivity contribution in [2.45, 2.75) is 52.0 Å². The van der Waals surface area contributed by atoms with E-state index in [9.17, 15) is 9.90 Å². The number of carbonyl (C=O) groups is 1. The van der Waals surface area contributed by atoms with Crippen molar-refractivity contribution in [3.05, 3.63) is 0 Å². The highest BCUT2D eigenvalue weighted by Crippen LogP contribution is 2.25. The Kier molecular flexibility index (Phi) is 6.27. The van der Waals surface area contributed by atoms with Crippen LogP contribution in [0.4, 0.5) is 0 Å². The number of hydrogen-bond acceptors (Lipinski definition) is 3. The van der Waals surface area contributed by atoms with Crippen LogP contribution in [-0.4, -0.2) is 48.2 Å². The third kappa shape index (κ3) is 4.77. The Balaban J connectivity index is 2.44. The number of hydrogen-bond donors (Lipinski definition) is 2. The zero-order valence-electron chi connectivity index (χ0n) is 12.9. The zero-order chi connectivity index (χ0) is 14.5. The molecule has 4 heteroatoms. The highest BCUT2D eigenvalue weighted by atomic mass is 16.4. The fourth-order valence-corrected chi connectivity index (χ4v) is 2.79. The molecule has 0 radical (unpaired) electrons. The van der Waals surface area contributed by atoms with Gasteiger partial charge in [0.25, 0.3) is 0 Å². The van der Waals surface area contributed by atoms with Gasteiger partial charge in [-0.2, -0.15) is 0 Å². The van der Waals surface area contributed by atoms with Gasteiger partial charge in [0.2, 0.25) is 0 Å². The largest absolute Gasteiger partial charge is 0.480 e. The van der Waals surface area contributed by atoms with Crippen LogP contribution >= 0.6 is 0 Å². The summed E-state index contributed by atoms with van der Waals surface area (Å²) >= 11 is 0. The van der Waals surface area contributed by atoms with Crippen molar-refractivity contribution < 1.29 is 9.90 Å². The van der Waals surface area contributed by atoms with Crippen molar-refractivity contribution in [1.82, 2.24) is 10.2 Å². The Hall–Kier alpha value is -0.610. The molecule has 19 heavy (non-hydrogen) atoms. The van der Waals surface area contributed by atoms with E-state index in [1.807, 2.05) is 0 Å². The molecule has 0 amide bonds. The number of rotatable bonds is 6. The van der Waals surface area contributed by atoms with Gasteiger partial charge in [-0.3, -0.25) is 4.79 Å². The summed E-state index contributed by atoms with van der Waals surface area (Å²) in [7, 11) is 1.73. The lowest BCUT2D eigenvalue weighted by Gasteiger charge is -2.28. The molecule has 112 valence electrons. The smallest absolute Gasteiger partial charge is 0.323 e. The Morgan fingerprint density at radius 3 is 2.63 bits per heavy atom. The van der Waals surface area contributed by atoms with Crippen molar-refractivity contribution in [1.29, 1.82) is 0 Å². The average molecular weight is 270 g/mol. The van der Waals surface area contributed by atoms with E-state index in [-0.39, 0.29) is 0 Å². The third-order valence-corrected chi connectivity index (χ3v) is 4.76. The number of aliphatic carboxylic acids is 1. The predicted octanol–water partition coefficient (Wildman–Crippen LogP) is 2.20. The highest BCUT2D eigenvalue weighted by Gasteiger charge is 2.31. The molecule has 0 bridgehead atoms. The monoisotopic (exact) mass is 270 g/mol. The van der Waals surface area contributed by atoms with Crippen LogP contribution in [0.2, 0.25) is 0 Å². The Labute approximate surface area is 117 Å². The molecule has 1 saturated heterocycles. The van der Waals surface area contributed by atoms with Gasteiger partial charge in [0.1, 0.15) is 5.54 Å². The first-order valence-electron chi connectivity index (χ1n) is 7.53. The van der Waals surface area contributed by atoms with Crippen LogP contribution in [0.5, 0.6) is 0 Å². The summed E-state index contributed by atoms with van der Waals surface area (Å²) in [5, 5.41) is 12.2. The summed E-state index contributed by atoms with van der Waals surface area (Å²) in [6, 6.07) is 0. The Morgan fingerprint density at radius 1 is 1.42 bits per heavy atom. The van der Waals surface area contributed by atoms with Crippen LogP contribution in [0.25, 0.3) is 0 Å². The average Bonchev–Trinajstić information content (AvgIpc) is 2.61. The normalized spacial score (nSPS) is 25.0. The molecular formula is C15H30N2O2. The summed E-state index contributed by atoms with van der Waals surface area (Å²) in [5.41, 5.74) is -0.802. The van der Waals surface area contributed by atoms with Gasteiger partial charge in [0, 0.05) is 6.54 Å². The van der Waals surface area contributed by atoms with E-state index >= 15 is 0 Å².